The first-order valence-electron chi connectivity index (χ1n) is 12.5. The molecule has 0 radical (unpaired) electrons. The molecule has 2 N–H and O–H groups in total. The monoisotopic (exact) mass is 525 g/mol. The number of nitrogens with zero attached hydrogens (tertiary/aromatic N) is 2. The number of benzene rings is 3. The van der Waals surface area contributed by atoms with Gasteiger partial charge in [-0.2, -0.15) is 4.98 Å². The van der Waals surface area contributed by atoms with Crippen LogP contribution in [0.3, 0.4) is 0 Å². The number of nitrogens with one attached hydrogen (secondary N) is 1. The van der Waals surface area contributed by atoms with Gasteiger partial charge in [0.1, 0.15) is 17.8 Å². The van der Waals surface area contributed by atoms with Gasteiger partial charge < -0.3 is 24.3 Å². The lowest BCUT2D eigenvalue weighted by Gasteiger charge is -2.27. The summed E-state index contributed by atoms with van der Waals surface area (Å²) in [5, 5.41) is 11.8. The molecule has 3 aromatic carbocycles. The van der Waals surface area contributed by atoms with Gasteiger partial charge in [-0.05, 0) is 22.8 Å². The maximum atomic E-state index is 11.3. The third kappa shape index (κ3) is 3.95. The number of aromatic nitrogens is 3. The number of hydrogen-bond donors (Lipinski definition) is 2. The molecule has 0 saturated carbocycles. The first kappa shape index (κ1) is 23.4. The van der Waals surface area contributed by atoms with Crippen LogP contribution < -0.4 is 4.74 Å². The number of aliphatic hydroxyl groups is 1. The van der Waals surface area contributed by atoms with E-state index in [0.29, 0.717) is 27.9 Å². The number of halogens is 1. The molecule has 7 rings (SSSR count). The van der Waals surface area contributed by atoms with Crippen LogP contribution in [0, 0.1) is 0 Å². The second-order valence-electron chi connectivity index (χ2n) is 9.65. The Morgan fingerprint density at radius 2 is 1.55 bits per heavy atom. The van der Waals surface area contributed by atoms with Crippen molar-refractivity contribution < 1.29 is 19.3 Å². The minimum Gasteiger partial charge on any atom is -0.456 e. The van der Waals surface area contributed by atoms with Gasteiger partial charge in [0, 0.05) is 5.56 Å². The Morgan fingerprint density at radius 1 is 0.868 bits per heavy atom. The van der Waals surface area contributed by atoms with Gasteiger partial charge in [-0.15, -0.1) is 0 Å². The van der Waals surface area contributed by atoms with Gasteiger partial charge in [0.2, 0.25) is 0 Å². The van der Waals surface area contributed by atoms with Gasteiger partial charge in [0.25, 0.3) is 6.01 Å². The highest BCUT2D eigenvalue weighted by atomic mass is 35.5. The Balaban J connectivity index is 1.11. The summed E-state index contributed by atoms with van der Waals surface area (Å²) in [6.07, 6.45) is -1.39. The molecule has 2 saturated heterocycles. The van der Waals surface area contributed by atoms with Crippen LogP contribution in [0.2, 0.25) is 5.02 Å². The van der Waals surface area contributed by atoms with Crippen molar-refractivity contribution in [1.29, 1.82) is 0 Å². The van der Waals surface area contributed by atoms with E-state index in [1.165, 1.54) is 0 Å². The van der Waals surface area contributed by atoms with E-state index in [-0.39, 0.29) is 13.2 Å². The van der Waals surface area contributed by atoms with Crippen molar-refractivity contribution in [2.75, 3.05) is 13.2 Å². The van der Waals surface area contributed by atoms with E-state index in [1.54, 1.807) is 6.07 Å². The Bertz CT molecular complexity index is 1590. The summed E-state index contributed by atoms with van der Waals surface area (Å²) in [6, 6.07) is 29.9. The highest BCUT2D eigenvalue weighted by Crippen LogP contribution is 2.42. The third-order valence-electron chi connectivity index (χ3n) is 7.28. The van der Waals surface area contributed by atoms with Gasteiger partial charge in [-0.25, -0.2) is 4.98 Å². The fourth-order valence-electron chi connectivity index (χ4n) is 5.32. The van der Waals surface area contributed by atoms with Crippen LogP contribution in [0.15, 0.2) is 91.0 Å². The van der Waals surface area contributed by atoms with Crippen molar-refractivity contribution in [3.8, 4) is 28.4 Å². The lowest BCUT2D eigenvalue weighted by molar-refractivity contribution is -0.0730. The minimum absolute atomic E-state index is 0.135. The van der Waals surface area contributed by atoms with E-state index < -0.39 is 23.9 Å². The smallest absolute Gasteiger partial charge is 0.296 e. The first-order valence-corrected chi connectivity index (χ1v) is 12.9. The summed E-state index contributed by atoms with van der Waals surface area (Å²) in [4.78, 5) is 12.4. The van der Waals surface area contributed by atoms with Crippen molar-refractivity contribution in [3.63, 3.8) is 0 Å². The number of aromatic amines is 1. The van der Waals surface area contributed by atoms with Gasteiger partial charge >= 0.3 is 0 Å². The van der Waals surface area contributed by atoms with Gasteiger partial charge in [0.05, 0.1) is 29.4 Å². The highest BCUT2D eigenvalue weighted by molar-refractivity contribution is 6.33. The second kappa shape index (κ2) is 9.22. The number of fused-ring (bicyclic) bond motifs is 2. The molecule has 2 aliphatic rings. The molecular formula is C30H24ClN3O4. The fourth-order valence-corrected chi connectivity index (χ4v) is 5.58. The topological polar surface area (TPSA) is 89.5 Å². The SMILES string of the molecule is O[C@]1(c2ccccc2)COC2[C@H](Oc3nc4nc(-c5ccc(-c6ccccc6)cc5)c(Cl)cc4[nH]3)CO[C@@H]21. The van der Waals surface area contributed by atoms with Crippen LogP contribution in [0.1, 0.15) is 5.56 Å². The molecule has 2 aliphatic heterocycles. The summed E-state index contributed by atoms with van der Waals surface area (Å²) < 4.78 is 18.1. The molecule has 0 amide bonds. The van der Waals surface area contributed by atoms with Gasteiger partial charge in [-0.3, -0.25) is 0 Å². The summed E-state index contributed by atoms with van der Waals surface area (Å²) in [5.74, 6) is 0. The van der Waals surface area contributed by atoms with Crippen LogP contribution in [-0.2, 0) is 15.1 Å². The van der Waals surface area contributed by atoms with E-state index >= 15 is 0 Å². The largest absolute Gasteiger partial charge is 0.456 e. The Kier molecular flexibility index (Phi) is 5.67. The van der Waals surface area contributed by atoms with Crippen molar-refractivity contribution in [1.82, 2.24) is 15.0 Å². The second-order valence-corrected chi connectivity index (χ2v) is 10.1. The molecule has 5 aromatic rings. The fraction of sp³-hybridized carbons (Fsp3) is 0.200. The van der Waals surface area contributed by atoms with E-state index in [9.17, 15) is 5.11 Å². The molecule has 0 bridgehead atoms. The zero-order valence-electron chi connectivity index (χ0n) is 20.3. The molecule has 4 atom stereocenters. The average molecular weight is 526 g/mol. The van der Waals surface area contributed by atoms with E-state index in [2.05, 4.69) is 34.2 Å². The van der Waals surface area contributed by atoms with Crippen LogP contribution in [0.25, 0.3) is 33.5 Å². The van der Waals surface area contributed by atoms with E-state index in [0.717, 1.165) is 22.3 Å². The van der Waals surface area contributed by atoms with Crippen molar-refractivity contribution in [2.45, 2.75) is 23.9 Å². The zero-order valence-corrected chi connectivity index (χ0v) is 21.0. The van der Waals surface area contributed by atoms with Crippen molar-refractivity contribution in [3.05, 3.63) is 102 Å². The summed E-state index contributed by atoms with van der Waals surface area (Å²) >= 11 is 6.62. The van der Waals surface area contributed by atoms with Crippen molar-refractivity contribution in [2.24, 2.45) is 0 Å². The average Bonchev–Trinajstić information content (AvgIpc) is 3.65. The van der Waals surface area contributed by atoms with E-state index in [4.69, 9.17) is 30.8 Å². The number of imidazole rings is 1. The van der Waals surface area contributed by atoms with Crippen LogP contribution in [-0.4, -0.2) is 51.6 Å². The molecule has 0 spiro atoms. The first-order chi connectivity index (χ1) is 18.6. The zero-order chi connectivity index (χ0) is 25.7. The van der Waals surface area contributed by atoms with Crippen LogP contribution in [0.5, 0.6) is 6.01 Å². The molecule has 7 nitrogen and oxygen atoms in total. The molecule has 38 heavy (non-hydrogen) atoms. The molecule has 4 heterocycles. The predicted octanol–water partition coefficient (Wildman–Crippen LogP) is 5.38. The summed E-state index contributed by atoms with van der Waals surface area (Å²) in [5.41, 5.74) is 4.51. The molecule has 190 valence electrons. The third-order valence-corrected chi connectivity index (χ3v) is 7.57. The number of hydrogen-bond acceptors (Lipinski definition) is 6. The highest BCUT2D eigenvalue weighted by Gasteiger charge is 2.57. The molecule has 2 fully saturated rings. The maximum absolute atomic E-state index is 11.3. The van der Waals surface area contributed by atoms with Crippen LogP contribution >= 0.6 is 11.6 Å². The quantitative estimate of drug-likeness (QED) is 0.320. The number of pyridine rings is 1. The summed E-state index contributed by atoms with van der Waals surface area (Å²) in [6.45, 7) is 0.407. The maximum Gasteiger partial charge on any atom is 0.296 e. The lowest BCUT2D eigenvalue weighted by atomic mass is 9.88. The van der Waals surface area contributed by atoms with E-state index in [1.807, 2.05) is 60.7 Å². The summed E-state index contributed by atoms with van der Waals surface area (Å²) in [7, 11) is 0. The molecule has 1 unspecified atom stereocenters. The normalized spacial score (nSPS) is 24.5. The molecule has 0 aliphatic carbocycles. The Labute approximate surface area is 224 Å². The van der Waals surface area contributed by atoms with Crippen molar-refractivity contribution >= 4 is 22.8 Å². The number of H-pyrrole nitrogens is 1. The number of ether oxygens (including phenoxy) is 3. The van der Waals surface area contributed by atoms with Gasteiger partial charge in [0.15, 0.2) is 11.8 Å². The standard InChI is InChI=1S/C30H24ClN3O4/c31-22-15-23-28(33-25(22)20-13-11-19(12-14-20)18-7-3-1-4-8-18)34-29(32-23)38-24-16-36-27-26(24)37-17-30(27,35)21-9-5-2-6-10-21/h1-15,24,26-27,35H,16-17H2,(H,32,33,34)/t24-,26?,27+,30+/m1/s1. The molecular weight excluding hydrogens is 502 g/mol. The Hall–Kier alpha value is -3.75. The minimum atomic E-state index is -1.22. The lowest BCUT2D eigenvalue weighted by Crippen LogP contribution is -2.41. The Morgan fingerprint density at radius 3 is 2.32 bits per heavy atom. The predicted molar refractivity (Wildman–Crippen MR) is 144 cm³/mol. The molecule has 8 heteroatoms. The number of rotatable bonds is 5. The molecule has 2 aromatic heterocycles. The van der Waals surface area contributed by atoms with Crippen LogP contribution in [0.4, 0.5) is 0 Å². The van der Waals surface area contributed by atoms with Gasteiger partial charge in [-0.1, -0.05) is 96.5 Å².